The summed E-state index contributed by atoms with van der Waals surface area (Å²) in [5.74, 6) is -1.73. The maximum atomic E-state index is 13.8. The second-order valence-corrected chi connectivity index (χ2v) is 7.15. The lowest BCUT2D eigenvalue weighted by Gasteiger charge is -2.12. The Morgan fingerprint density at radius 2 is 1.66 bits per heavy atom. The Morgan fingerprint density at radius 3 is 2.26 bits per heavy atom. The summed E-state index contributed by atoms with van der Waals surface area (Å²) in [5.41, 5.74) is 4.87. The Kier molecular flexibility index (Phi) is 7.28. The molecular weight excluding hydrogens is 472 g/mol. The lowest BCUT2D eigenvalue weighted by Crippen LogP contribution is -2.29. The Morgan fingerprint density at radius 1 is 0.971 bits per heavy atom. The third-order valence-corrected chi connectivity index (χ3v) is 4.70. The number of aromatic nitrogens is 1. The van der Waals surface area contributed by atoms with Crippen LogP contribution in [0.15, 0.2) is 48.7 Å². The van der Waals surface area contributed by atoms with Crippen LogP contribution in [0.1, 0.15) is 22.8 Å². The van der Waals surface area contributed by atoms with E-state index in [9.17, 15) is 31.9 Å². The molecule has 0 saturated heterocycles. The van der Waals surface area contributed by atoms with Crippen LogP contribution in [0, 0.1) is 5.82 Å². The molecular formula is C22H20F4N6O3. The van der Waals surface area contributed by atoms with Gasteiger partial charge >= 0.3 is 18.2 Å². The summed E-state index contributed by atoms with van der Waals surface area (Å²) in [5, 5.41) is 9.42. The van der Waals surface area contributed by atoms with Gasteiger partial charge in [0, 0.05) is 24.0 Å². The van der Waals surface area contributed by atoms with E-state index in [1.54, 1.807) is 6.92 Å². The zero-order valence-electron chi connectivity index (χ0n) is 18.1. The van der Waals surface area contributed by atoms with E-state index in [2.05, 4.69) is 20.9 Å². The Balaban J connectivity index is 1.75. The minimum atomic E-state index is -4.70. The summed E-state index contributed by atoms with van der Waals surface area (Å²) in [6.45, 7) is 2.09. The first kappa shape index (κ1) is 25.1. The smallest absolute Gasteiger partial charge is 0.365 e. The molecule has 3 aromatic rings. The van der Waals surface area contributed by atoms with E-state index >= 15 is 0 Å². The van der Waals surface area contributed by atoms with Crippen molar-refractivity contribution in [3.05, 3.63) is 65.6 Å². The third-order valence-electron chi connectivity index (χ3n) is 4.70. The van der Waals surface area contributed by atoms with Crippen molar-refractivity contribution in [3.63, 3.8) is 0 Å². The van der Waals surface area contributed by atoms with Crippen LogP contribution in [-0.4, -0.2) is 29.5 Å². The van der Waals surface area contributed by atoms with Crippen molar-refractivity contribution in [3.8, 4) is 11.1 Å². The largest absolute Gasteiger partial charge is 0.416 e. The number of hydrogen-bond donors (Lipinski definition) is 6. The first-order valence-electron chi connectivity index (χ1n) is 10.1. The predicted octanol–water partition coefficient (Wildman–Crippen LogP) is 4.72. The molecule has 0 radical (unpaired) electrons. The molecule has 0 aliphatic carbocycles. The summed E-state index contributed by atoms with van der Waals surface area (Å²) in [7, 11) is 0. The van der Waals surface area contributed by atoms with E-state index in [0.29, 0.717) is 35.9 Å². The molecule has 1 heterocycles. The number of hydrogen-bond acceptors (Lipinski definition) is 3. The normalized spacial score (nSPS) is 11.0. The monoisotopic (exact) mass is 492 g/mol. The molecule has 9 nitrogen and oxygen atoms in total. The van der Waals surface area contributed by atoms with Gasteiger partial charge in [-0.25, -0.2) is 14.0 Å². The number of alkyl halides is 3. The summed E-state index contributed by atoms with van der Waals surface area (Å²) < 4.78 is 52.3. The quantitative estimate of drug-likeness (QED) is 0.277. The Bertz CT molecular complexity index is 1260. The number of anilines is 3. The van der Waals surface area contributed by atoms with Crippen LogP contribution in [0.2, 0.25) is 0 Å². The molecule has 0 saturated carbocycles. The van der Waals surface area contributed by atoms with Crippen molar-refractivity contribution in [2.75, 3.05) is 22.5 Å². The number of aromatic amines is 1. The standard InChI is InChI=1S/C22H20F4N6O3/c1-2-28-20(34)32-19-17(18(27)33)14(10-29-19)11-3-6-13(7-4-11)30-21(35)31-16-9-12(22(24,25)26)5-8-15(16)23/h3-10,29H,2H2,1H3,(H2,27,33)(H2,28,32,34)(H2,30,31,35). The molecule has 3 rings (SSSR count). The lowest BCUT2D eigenvalue weighted by molar-refractivity contribution is -0.137. The summed E-state index contributed by atoms with van der Waals surface area (Å²) >= 11 is 0. The summed E-state index contributed by atoms with van der Waals surface area (Å²) in [6.07, 6.45) is -3.24. The molecule has 2 aromatic carbocycles. The molecule has 5 amide bonds. The van der Waals surface area contributed by atoms with Crippen LogP contribution in [0.4, 0.5) is 44.3 Å². The van der Waals surface area contributed by atoms with Crippen molar-refractivity contribution >= 4 is 35.2 Å². The molecule has 184 valence electrons. The maximum Gasteiger partial charge on any atom is 0.416 e. The van der Waals surface area contributed by atoms with Gasteiger partial charge in [-0.15, -0.1) is 0 Å². The molecule has 35 heavy (non-hydrogen) atoms. The number of amides is 5. The van der Waals surface area contributed by atoms with Gasteiger partial charge < -0.3 is 26.7 Å². The van der Waals surface area contributed by atoms with Crippen LogP contribution in [0.3, 0.4) is 0 Å². The zero-order valence-corrected chi connectivity index (χ0v) is 18.1. The second-order valence-electron chi connectivity index (χ2n) is 7.15. The highest BCUT2D eigenvalue weighted by atomic mass is 19.4. The van der Waals surface area contributed by atoms with Gasteiger partial charge in [0.15, 0.2) is 0 Å². The summed E-state index contributed by atoms with van der Waals surface area (Å²) in [4.78, 5) is 38.7. The number of benzene rings is 2. The number of halogens is 4. The van der Waals surface area contributed by atoms with E-state index in [1.807, 2.05) is 5.32 Å². The number of urea groups is 2. The third kappa shape index (κ3) is 6.07. The number of nitrogens with one attached hydrogen (secondary N) is 5. The number of nitrogens with two attached hydrogens (primary N) is 1. The van der Waals surface area contributed by atoms with E-state index in [0.717, 1.165) is 0 Å². The predicted molar refractivity (Wildman–Crippen MR) is 121 cm³/mol. The summed E-state index contributed by atoms with van der Waals surface area (Å²) in [6, 6.07) is 6.12. The highest BCUT2D eigenvalue weighted by Gasteiger charge is 2.31. The molecule has 0 fully saturated rings. The molecule has 0 spiro atoms. The van der Waals surface area contributed by atoms with Gasteiger partial charge in [0.05, 0.1) is 16.8 Å². The van der Waals surface area contributed by atoms with Gasteiger partial charge in [0.25, 0.3) is 5.91 Å². The van der Waals surface area contributed by atoms with Crippen LogP contribution in [-0.2, 0) is 6.18 Å². The molecule has 0 bridgehead atoms. The lowest BCUT2D eigenvalue weighted by atomic mass is 10.0. The molecule has 0 unspecified atom stereocenters. The number of primary amides is 1. The van der Waals surface area contributed by atoms with Gasteiger partial charge in [-0.2, -0.15) is 13.2 Å². The van der Waals surface area contributed by atoms with Gasteiger partial charge in [-0.05, 0) is 42.8 Å². The first-order valence-corrected chi connectivity index (χ1v) is 10.1. The van der Waals surface area contributed by atoms with E-state index in [4.69, 9.17) is 5.73 Å². The highest BCUT2D eigenvalue weighted by molar-refractivity contribution is 6.07. The molecule has 0 aliphatic heterocycles. The number of rotatable bonds is 6. The molecule has 13 heteroatoms. The van der Waals surface area contributed by atoms with Crippen molar-refractivity contribution < 1.29 is 31.9 Å². The SMILES string of the molecule is CCNC(=O)Nc1[nH]cc(-c2ccc(NC(=O)Nc3cc(C(F)(F)F)ccc3F)cc2)c1C(N)=O. The van der Waals surface area contributed by atoms with Gasteiger partial charge in [-0.1, -0.05) is 12.1 Å². The molecule has 7 N–H and O–H groups in total. The fourth-order valence-corrected chi connectivity index (χ4v) is 3.14. The molecule has 0 aliphatic rings. The zero-order chi connectivity index (χ0) is 25.8. The van der Waals surface area contributed by atoms with E-state index < -0.39 is 41.2 Å². The van der Waals surface area contributed by atoms with Crippen molar-refractivity contribution in [2.45, 2.75) is 13.1 Å². The molecule has 0 atom stereocenters. The van der Waals surface area contributed by atoms with Gasteiger partial charge in [0.1, 0.15) is 11.6 Å². The Hall–Kier alpha value is -4.55. The van der Waals surface area contributed by atoms with Crippen molar-refractivity contribution in [1.29, 1.82) is 0 Å². The number of carbonyl (C=O) groups is 3. The van der Waals surface area contributed by atoms with Gasteiger partial charge in [0.2, 0.25) is 0 Å². The fourth-order valence-electron chi connectivity index (χ4n) is 3.14. The average molecular weight is 492 g/mol. The van der Waals surface area contributed by atoms with Crippen LogP contribution < -0.4 is 27.0 Å². The van der Waals surface area contributed by atoms with Gasteiger partial charge in [-0.3, -0.25) is 10.1 Å². The second kappa shape index (κ2) is 10.2. The van der Waals surface area contributed by atoms with E-state index in [-0.39, 0.29) is 17.1 Å². The topological polar surface area (TPSA) is 141 Å². The molecule has 1 aromatic heterocycles. The highest BCUT2D eigenvalue weighted by Crippen LogP contribution is 2.32. The number of H-pyrrole nitrogens is 1. The average Bonchev–Trinajstić information content (AvgIpc) is 3.18. The van der Waals surface area contributed by atoms with Crippen LogP contribution in [0.25, 0.3) is 11.1 Å². The Labute approximate surface area is 196 Å². The number of carbonyl (C=O) groups excluding carboxylic acids is 3. The fraction of sp³-hybridized carbons (Fsp3) is 0.136. The van der Waals surface area contributed by atoms with Crippen molar-refractivity contribution in [1.82, 2.24) is 10.3 Å². The van der Waals surface area contributed by atoms with E-state index in [1.165, 1.54) is 30.5 Å². The maximum absolute atomic E-state index is 13.8. The first-order chi connectivity index (χ1) is 16.5. The minimum Gasteiger partial charge on any atom is -0.365 e. The van der Waals surface area contributed by atoms with Crippen molar-refractivity contribution in [2.24, 2.45) is 5.73 Å². The van der Waals surface area contributed by atoms with Crippen LogP contribution >= 0.6 is 0 Å². The minimum absolute atomic E-state index is 0.0368. The van der Waals surface area contributed by atoms with Crippen LogP contribution in [0.5, 0.6) is 0 Å².